The summed E-state index contributed by atoms with van der Waals surface area (Å²) in [7, 11) is 0. The Labute approximate surface area is 179 Å². The van der Waals surface area contributed by atoms with Crippen LogP contribution in [0, 0.1) is 0 Å². The molecule has 1 unspecified atom stereocenters. The molecular weight excluding hydrogens is 433 g/mol. The summed E-state index contributed by atoms with van der Waals surface area (Å²) < 4.78 is 18.7. The van der Waals surface area contributed by atoms with E-state index in [9.17, 15) is 44.7 Å². The van der Waals surface area contributed by atoms with Gasteiger partial charge in [0.25, 0.3) is 5.56 Å². The summed E-state index contributed by atoms with van der Waals surface area (Å²) in [5.41, 5.74) is -5.35. The number of aromatic amines is 1. The number of phenols is 1. The topological polar surface area (TPSA) is 189 Å². The van der Waals surface area contributed by atoms with Crippen molar-refractivity contribution in [1.29, 1.82) is 0 Å². The number of nitrogens with zero attached hydrogens (tertiary/aromatic N) is 2. The molecule has 2 heterocycles. The van der Waals surface area contributed by atoms with Gasteiger partial charge in [-0.1, -0.05) is 19.1 Å². The molecule has 1 fully saturated rings. The number of aliphatic hydroxyl groups is 4. The van der Waals surface area contributed by atoms with Gasteiger partial charge < -0.3 is 35.5 Å². The maximum Gasteiger partial charge on any atom is 0.332 e. The van der Waals surface area contributed by atoms with Crippen LogP contribution in [0.15, 0.2) is 40.1 Å². The van der Waals surface area contributed by atoms with Gasteiger partial charge in [0.05, 0.1) is 19.8 Å². The Morgan fingerprint density at radius 2 is 1.91 bits per heavy atom. The van der Waals surface area contributed by atoms with Crippen LogP contribution in [-0.4, -0.2) is 76.6 Å². The molecule has 0 spiro atoms. The molecule has 1 aliphatic rings. The second-order valence-corrected chi connectivity index (χ2v) is 7.61. The summed E-state index contributed by atoms with van der Waals surface area (Å²) in [5.74, 6) is -4.31. The van der Waals surface area contributed by atoms with E-state index in [1.54, 1.807) is 0 Å². The minimum Gasteiger partial charge on any atom is -0.508 e. The number of ether oxygens (including phenoxy) is 1. The number of aliphatic hydroxyl groups excluding tert-OH is 2. The van der Waals surface area contributed by atoms with Crippen molar-refractivity contribution in [3.63, 3.8) is 0 Å². The maximum atomic E-state index is 13.2. The summed E-state index contributed by atoms with van der Waals surface area (Å²) in [5, 5.41) is 62.8. The number of aromatic nitrogens is 2. The van der Waals surface area contributed by atoms with Crippen LogP contribution in [-0.2, 0) is 17.2 Å². The number of hydrogen-bond acceptors (Lipinski definition) is 10. The molecule has 5 atom stereocenters. The molecule has 12 nitrogen and oxygen atoms in total. The molecule has 32 heavy (non-hydrogen) atoms. The first-order chi connectivity index (χ1) is 15.0. The fraction of sp³-hybridized carbons (Fsp3) is 0.474. The standard InChI is InChI=1S/C19H24FN3O9/c1-10(6-20)13-8-22(17(28)21-16(13)27)19(30)18(29,15(26)14(9-24)32-19)23(31)7-11-2-4-12(25)5-3-11/h2-5,8,10,14-15,24-26,29-31H,6-7,9H2,1H3,(H,21,27,28)/t10?,14-,15-,18-,19+/m1/s1. The number of alkyl halides is 1. The van der Waals surface area contributed by atoms with Gasteiger partial charge >= 0.3 is 11.6 Å². The number of nitrogens with one attached hydrogen (secondary N) is 1. The Kier molecular flexibility index (Phi) is 6.53. The monoisotopic (exact) mass is 457 g/mol. The minimum atomic E-state index is -3.22. The van der Waals surface area contributed by atoms with Gasteiger partial charge in [0, 0.05) is 17.7 Å². The second-order valence-electron chi connectivity index (χ2n) is 7.61. The molecule has 0 saturated carbocycles. The van der Waals surface area contributed by atoms with E-state index in [0.29, 0.717) is 10.1 Å². The van der Waals surface area contributed by atoms with Crippen LogP contribution in [0.5, 0.6) is 5.75 Å². The number of hydrogen-bond donors (Lipinski definition) is 7. The van der Waals surface area contributed by atoms with Gasteiger partial charge in [-0.2, -0.15) is 0 Å². The molecule has 1 saturated heterocycles. The Balaban J connectivity index is 2.14. The highest BCUT2D eigenvalue weighted by Gasteiger charge is 2.70. The number of halogens is 1. The molecule has 1 aromatic carbocycles. The summed E-state index contributed by atoms with van der Waals surface area (Å²) in [4.78, 5) is 26.4. The fourth-order valence-corrected chi connectivity index (χ4v) is 3.55. The predicted molar refractivity (Wildman–Crippen MR) is 104 cm³/mol. The third-order valence-corrected chi connectivity index (χ3v) is 5.46. The Hall–Kier alpha value is -2.65. The largest absolute Gasteiger partial charge is 0.508 e. The zero-order chi connectivity index (χ0) is 23.8. The molecule has 2 aromatic rings. The highest BCUT2D eigenvalue weighted by atomic mass is 19.1. The van der Waals surface area contributed by atoms with Crippen molar-refractivity contribution in [3.8, 4) is 5.75 Å². The Bertz CT molecular complexity index is 1070. The maximum absolute atomic E-state index is 13.2. The normalized spacial score (nSPS) is 28.9. The zero-order valence-corrected chi connectivity index (χ0v) is 16.9. The molecule has 1 aliphatic heterocycles. The summed E-state index contributed by atoms with van der Waals surface area (Å²) in [6.07, 6.45) is -3.07. The molecule has 0 radical (unpaired) electrons. The van der Waals surface area contributed by atoms with Gasteiger partial charge in [0.1, 0.15) is 18.0 Å². The Morgan fingerprint density at radius 1 is 1.28 bits per heavy atom. The lowest BCUT2D eigenvalue weighted by Crippen LogP contribution is -2.68. The van der Waals surface area contributed by atoms with Crippen LogP contribution in [0.4, 0.5) is 4.39 Å². The zero-order valence-electron chi connectivity index (χ0n) is 16.9. The lowest BCUT2D eigenvalue weighted by atomic mass is 9.99. The van der Waals surface area contributed by atoms with Crippen molar-refractivity contribution < 1.29 is 39.9 Å². The van der Waals surface area contributed by atoms with E-state index < -0.39 is 60.8 Å². The second kappa shape index (κ2) is 8.71. The first-order valence-corrected chi connectivity index (χ1v) is 9.57. The van der Waals surface area contributed by atoms with E-state index in [1.807, 2.05) is 4.98 Å². The number of aromatic hydroxyl groups is 1. The van der Waals surface area contributed by atoms with E-state index in [-0.39, 0.29) is 16.4 Å². The molecular formula is C19H24FN3O9. The molecule has 7 N–H and O–H groups in total. The smallest absolute Gasteiger partial charge is 0.332 e. The first-order valence-electron chi connectivity index (χ1n) is 9.57. The van der Waals surface area contributed by atoms with Crippen molar-refractivity contribution in [2.24, 2.45) is 0 Å². The number of benzene rings is 1. The molecule has 0 amide bonds. The van der Waals surface area contributed by atoms with Crippen LogP contribution < -0.4 is 11.2 Å². The van der Waals surface area contributed by atoms with Crippen molar-refractivity contribution in [2.45, 2.75) is 43.2 Å². The van der Waals surface area contributed by atoms with Crippen LogP contribution in [0.25, 0.3) is 0 Å². The third kappa shape index (κ3) is 3.73. The minimum absolute atomic E-state index is 0.0765. The molecule has 13 heteroatoms. The fourth-order valence-electron chi connectivity index (χ4n) is 3.55. The van der Waals surface area contributed by atoms with Gasteiger partial charge in [-0.15, -0.1) is 5.06 Å². The molecule has 1 aromatic heterocycles. The van der Waals surface area contributed by atoms with Crippen LogP contribution >= 0.6 is 0 Å². The van der Waals surface area contributed by atoms with E-state index in [1.165, 1.54) is 31.2 Å². The number of rotatable bonds is 7. The SMILES string of the molecule is CC(CF)c1cn([C@@]2(O)O[C@H](CO)[C@@H](O)[C@]2(O)N(O)Cc2ccc(O)cc2)c(=O)[nH]c1=O. The summed E-state index contributed by atoms with van der Waals surface area (Å²) in [6, 6.07) is 5.32. The van der Waals surface area contributed by atoms with Crippen molar-refractivity contribution >= 4 is 0 Å². The third-order valence-electron chi connectivity index (χ3n) is 5.46. The van der Waals surface area contributed by atoms with E-state index in [0.717, 1.165) is 6.20 Å². The van der Waals surface area contributed by atoms with Gasteiger partial charge in [-0.05, 0) is 17.7 Å². The summed E-state index contributed by atoms with van der Waals surface area (Å²) >= 11 is 0. The number of phenolic OH excluding ortho intramolecular Hbond substituents is 1. The van der Waals surface area contributed by atoms with Gasteiger partial charge in [-0.25, -0.2) is 9.36 Å². The lowest BCUT2D eigenvalue weighted by Gasteiger charge is -2.42. The highest BCUT2D eigenvalue weighted by Crippen LogP contribution is 2.43. The summed E-state index contributed by atoms with van der Waals surface area (Å²) in [6.45, 7) is -1.12. The molecule has 176 valence electrons. The molecule has 0 bridgehead atoms. The van der Waals surface area contributed by atoms with Gasteiger partial charge in [-0.3, -0.25) is 14.2 Å². The molecule has 3 rings (SSSR count). The average Bonchev–Trinajstić information content (AvgIpc) is 2.97. The lowest BCUT2D eigenvalue weighted by molar-refractivity contribution is -0.413. The van der Waals surface area contributed by atoms with Crippen LogP contribution in [0.3, 0.4) is 0 Å². The van der Waals surface area contributed by atoms with E-state index in [2.05, 4.69) is 0 Å². The van der Waals surface area contributed by atoms with Crippen LogP contribution in [0.1, 0.15) is 24.0 Å². The first kappa shape index (κ1) is 24.0. The van der Waals surface area contributed by atoms with Crippen molar-refractivity contribution in [2.75, 3.05) is 13.3 Å². The quantitative estimate of drug-likeness (QED) is 0.185. The van der Waals surface area contributed by atoms with Crippen molar-refractivity contribution in [3.05, 3.63) is 62.4 Å². The van der Waals surface area contributed by atoms with Crippen molar-refractivity contribution in [1.82, 2.24) is 14.6 Å². The molecule has 0 aliphatic carbocycles. The highest BCUT2D eigenvalue weighted by molar-refractivity contribution is 5.26. The van der Waals surface area contributed by atoms with E-state index in [4.69, 9.17) is 4.74 Å². The number of hydroxylamine groups is 2. The van der Waals surface area contributed by atoms with Gasteiger partial charge in [0.2, 0.25) is 5.72 Å². The average molecular weight is 457 g/mol. The van der Waals surface area contributed by atoms with Gasteiger partial charge in [0.15, 0.2) is 0 Å². The van der Waals surface area contributed by atoms with Crippen LogP contribution in [0.2, 0.25) is 0 Å². The van der Waals surface area contributed by atoms with E-state index >= 15 is 0 Å². The Morgan fingerprint density at radius 3 is 2.47 bits per heavy atom. The number of H-pyrrole nitrogens is 1. The predicted octanol–water partition coefficient (Wildman–Crippen LogP) is -1.75.